The Balaban J connectivity index is 1.25. The molecule has 9 heteroatoms. The van der Waals surface area contributed by atoms with Crippen molar-refractivity contribution in [2.45, 2.75) is 13.8 Å². The molecule has 0 radical (unpaired) electrons. The lowest BCUT2D eigenvalue weighted by Gasteiger charge is -2.36. The first-order chi connectivity index (χ1) is 17.0. The third-order valence-corrected chi connectivity index (χ3v) is 6.93. The number of carbonyl (C=O) groups excluding carboxylic acids is 1. The van der Waals surface area contributed by atoms with Gasteiger partial charge in [0.05, 0.1) is 6.54 Å². The number of carbonyl (C=O) groups is 1. The van der Waals surface area contributed by atoms with Gasteiger partial charge in [0.15, 0.2) is 5.82 Å². The van der Waals surface area contributed by atoms with E-state index < -0.39 is 0 Å². The van der Waals surface area contributed by atoms with Crippen LogP contribution in [0.2, 0.25) is 0 Å². The minimum Gasteiger partial charge on any atom is -0.369 e. The van der Waals surface area contributed by atoms with E-state index in [4.69, 9.17) is 0 Å². The zero-order chi connectivity index (χ0) is 24.2. The fraction of sp³-hybridized carbons (Fsp3) is 0.269. The lowest BCUT2D eigenvalue weighted by molar-refractivity contribution is -0.117. The van der Waals surface area contributed by atoms with Crippen LogP contribution in [0, 0.1) is 13.8 Å². The van der Waals surface area contributed by atoms with E-state index >= 15 is 0 Å². The Bertz CT molecular complexity index is 1300. The third kappa shape index (κ3) is 5.52. The van der Waals surface area contributed by atoms with Gasteiger partial charge < -0.3 is 10.2 Å². The van der Waals surface area contributed by atoms with E-state index in [0.717, 1.165) is 31.2 Å². The van der Waals surface area contributed by atoms with Gasteiger partial charge in [-0.15, -0.1) is 11.3 Å². The zero-order valence-electron chi connectivity index (χ0n) is 19.8. The van der Waals surface area contributed by atoms with Crippen LogP contribution in [0.3, 0.4) is 0 Å². The summed E-state index contributed by atoms with van der Waals surface area (Å²) in [5.41, 5.74) is 5.15. The number of hydrogen-bond donors (Lipinski definition) is 1. The maximum Gasteiger partial charge on any atom is 0.239 e. The van der Waals surface area contributed by atoms with Crippen molar-refractivity contribution in [3.05, 3.63) is 71.4 Å². The second-order valence-electron chi connectivity index (χ2n) is 8.59. The molecule has 0 atom stereocenters. The Morgan fingerprint density at radius 1 is 0.943 bits per heavy atom. The molecule has 178 valence electrons. The molecule has 0 saturated carbocycles. The molecule has 1 aliphatic heterocycles. The Morgan fingerprint density at radius 3 is 2.51 bits per heavy atom. The summed E-state index contributed by atoms with van der Waals surface area (Å²) >= 11 is 1.49. The van der Waals surface area contributed by atoms with Crippen molar-refractivity contribution in [1.82, 2.24) is 24.8 Å². The zero-order valence-corrected chi connectivity index (χ0v) is 20.6. The number of nitrogens with one attached hydrogen (secondary N) is 1. The Hall–Kier alpha value is -3.69. The van der Waals surface area contributed by atoms with Crippen LogP contribution < -0.4 is 10.2 Å². The standard InChI is InChI=1S/C26H27N7OS/c1-18-6-7-20(15-19(18)2)33-12-10-32(11-13-33)17-24(34)30-23-16-22(26-28-9-14-35-26)29-25(31-23)21-5-3-4-8-27-21/h3-9,14-16H,10-13,17H2,1-2H3,(H,29,30,31,34). The molecular formula is C26H27N7OS. The number of piperazine rings is 1. The van der Waals surface area contributed by atoms with Crippen LogP contribution in [0.5, 0.6) is 0 Å². The predicted octanol–water partition coefficient (Wildman–Crippen LogP) is 4.04. The summed E-state index contributed by atoms with van der Waals surface area (Å²) in [6, 6.07) is 13.9. The molecule has 3 aromatic heterocycles. The second-order valence-corrected chi connectivity index (χ2v) is 9.49. The van der Waals surface area contributed by atoms with Gasteiger partial charge in [-0.2, -0.15) is 0 Å². The lowest BCUT2D eigenvalue weighted by atomic mass is 10.1. The molecule has 1 aliphatic rings. The Morgan fingerprint density at radius 2 is 1.80 bits per heavy atom. The molecule has 1 N–H and O–H groups in total. The minimum atomic E-state index is -0.0969. The highest BCUT2D eigenvalue weighted by molar-refractivity contribution is 7.13. The van der Waals surface area contributed by atoms with Gasteiger partial charge in [-0.3, -0.25) is 14.7 Å². The first-order valence-corrected chi connectivity index (χ1v) is 12.5. The maximum atomic E-state index is 12.9. The van der Waals surface area contributed by atoms with Crippen LogP contribution in [0.4, 0.5) is 11.5 Å². The van der Waals surface area contributed by atoms with Crippen LogP contribution in [0.15, 0.2) is 60.2 Å². The summed E-state index contributed by atoms with van der Waals surface area (Å²) in [4.78, 5) is 35.4. The van der Waals surface area contributed by atoms with Gasteiger partial charge in [-0.25, -0.2) is 15.0 Å². The molecule has 35 heavy (non-hydrogen) atoms. The summed E-state index contributed by atoms with van der Waals surface area (Å²) < 4.78 is 0. The van der Waals surface area contributed by atoms with Crippen molar-refractivity contribution >= 4 is 28.7 Å². The summed E-state index contributed by atoms with van der Waals surface area (Å²) in [7, 11) is 0. The van der Waals surface area contributed by atoms with Gasteiger partial charge in [-0.1, -0.05) is 12.1 Å². The van der Waals surface area contributed by atoms with Gasteiger partial charge in [-0.05, 0) is 49.2 Å². The highest BCUT2D eigenvalue weighted by atomic mass is 32.1. The smallest absolute Gasteiger partial charge is 0.239 e. The highest BCUT2D eigenvalue weighted by Gasteiger charge is 2.20. The van der Waals surface area contributed by atoms with E-state index in [1.54, 1.807) is 18.5 Å². The predicted molar refractivity (Wildman–Crippen MR) is 140 cm³/mol. The monoisotopic (exact) mass is 485 g/mol. The molecular weight excluding hydrogens is 458 g/mol. The van der Waals surface area contributed by atoms with E-state index in [-0.39, 0.29) is 5.91 Å². The van der Waals surface area contributed by atoms with Crippen molar-refractivity contribution in [3.8, 4) is 22.2 Å². The lowest BCUT2D eigenvalue weighted by Crippen LogP contribution is -2.48. The number of pyridine rings is 1. The number of aryl methyl sites for hydroxylation is 2. The topological polar surface area (TPSA) is 87.1 Å². The fourth-order valence-electron chi connectivity index (χ4n) is 4.05. The molecule has 4 aromatic rings. The number of aromatic nitrogens is 4. The average molecular weight is 486 g/mol. The molecule has 0 unspecified atom stereocenters. The first kappa shape index (κ1) is 23.1. The van der Waals surface area contributed by atoms with Crippen LogP contribution in [0.25, 0.3) is 22.2 Å². The van der Waals surface area contributed by atoms with E-state index in [2.05, 4.69) is 67.1 Å². The van der Waals surface area contributed by atoms with Gasteiger partial charge >= 0.3 is 0 Å². The number of amides is 1. The first-order valence-electron chi connectivity index (χ1n) is 11.6. The average Bonchev–Trinajstić information content (AvgIpc) is 3.42. The number of anilines is 2. The van der Waals surface area contributed by atoms with E-state index in [9.17, 15) is 4.79 Å². The molecule has 4 heterocycles. The summed E-state index contributed by atoms with van der Waals surface area (Å²) in [5.74, 6) is 0.806. The highest BCUT2D eigenvalue weighted by Crippen LogP contribution is 2.25. The van der Waals surface area contributed by atoms with Crippen molar-refractivity contribution in [1.29, 1.82) is 0 Å². The van der Waals surface area contributed by atoms with Crippen LogP contribution >= 0.6 is 11.3 Å². The van der Waals surface area contributed by atoms with Crippen molar-refractivity contribution in [2.75, 3.05) is 42.9 Å². The van der Waals surface area contributed by atoms with E-state index in [1.807, 2.05) is 23.6 Å². The number of nitrogens with zero attached hydrogens (tertiary/aromatic N) is 6. The molecule has 8 nitrogen and oxygen atoms in total. The molecule has 5 rings (SSSR count). The summed E-state index contributed by atoms with van der Waals surface area (Å²) in [6.45, 7) is 8.03. The SMILES string of the molecule is Cc1ccc(N2CCN(CC(=O)Nc3cc(-c4nccs4)nc(-c4ccccn4)n3)CC2)cc1C. The minimum absolute atomic E-state index is 0.0969. The second kappa shape index (κ2) is 10.3. The molecule has 1 aromatic carbocycles. The molecule has 0 aliphatic carbocycles. The van der Waals surface area contributed by atoms with E-state index in [1.165, 1.54) is 28.2 Å². The number of hydrogen-bond acceptors (Lipinski definition) is 8. The summed E-state index contributed by atoms with van der Waals surface area (Å²) in [6.07, 6.45) is 3.43. The largest absolute Gasteiger partial charge is 0.369 e. The molecule has 1 fully saturated rings. The van der Waals surface area contributed by atoms with Crippen LogP contribution in [0.1, 0.15) is 11.1 Å². The normalized spacial score (nSPS) is 14.2. The number of benzene rings is 1. The quantitative estimate of drug-likeness (QED) is 0.441. The number of rotatable bonds is 6. The molecule has 0 spiro atoms. The van der Waals surface area contributed by atoms with Gasteiger partial charge in [0.25, 0.3) is 0 Å². The molecule has 1 saturated heterocycles. The fourth-order valence-corrected chi connectivity index (χ4v) is 4.65. The maximum absolute atomic E-state index is 12.9. The molecule has 1 amide bonds. The Kier molecular flexibility index (Phi) is 6.78. The van der Waals surface area contributed by atoms with Crippen LogP contribution in [-0.2, 0) is 4.79 Å². The van der Waals surface area contributed by atoms with Crippen molar-refractivity contribution < 1.29 is 4.79 Å². The number of thiazole rings is 1. The van der Waals surface area contributed by atoms with Crippen molar-refractivity contribution in [2.24, 2.45) is 0 Å². The van der Waals surface area contributed by atoms with Crippen LogP contribution in [-0.4, -0.2) is 63.5 Å². The Labute approximate surface area is 208 Å². The third-order valence-electron chi connectivity index (χ3n) is 6.13. The molecule has 0 bridgehead atoms. The van der Waals surface area contributed by atoms with Crippen molar-refractivity contribution in [3.63, 3.8) is 0 Å². The summed E-state index contributed by atoms with van der Waals surface area (Å²) in [5, 5.41) is 5.62. The van der Waals surface area contributed by atoms with Gasteiger partial charge in [0.1, 0.15) is 22.2 Å². The van der Waals surface area contributed by atoms with Gasteiger partial charge in [0, 0.05) is 55.7 Å². The van der Waals surface area contributed by atoms with Gasteiger partial charge in [0.2, 0.25) is 5.91 Å². The van der Waals surface area contributed by atoms with E-state index in [0.29, 0.717) is 29.6 Å².